The van der Waals surface area contributed by atoms with Gasteiger partial charge in [-0.2, -0.15) is 0 Å². The smallest absolute Gasteiger partial charge is 0.00820 e. The predicted octanol–water partition coefficient (Wildman–Crippen LogP) is 3.37. The van der Waals surface area contributed by atoms with Crippen LogP contribution in [0.5, 0.6) is 0 Å². The first-order valence-corrected chi connectivity index (χ1v) is 4.80. The second kappa shape index (κ2) is 3.21. The first-order chi connectivity index (χ1) is 6.35. The van der Waals surface area contributed by atoms with Gasteiger partial charge in [-0.1, -0.05) is 43.9 Å². The second-order valence-electron chi connectivity index (χ2n) is 3.41. The molecule has 0 fully saturated rings. The Morgan fingerprint density at radius 3 is 3.00 bits per heavy atom. The lowest BCUT2D eigenvalue weighted by Crippen LogP contribution is -1.87. The highest BCUT2D eigenvalue weighted by Gasteiger charge is 2.10. The largest absolute Gasteiger partial charge is 0.0985 e. The summed E-state index contributed by atoms with van der Waals surface area (Å²) in [5.74, 6) is 0. The van der Waals surface area contributed by atoms with Crippen molar-refractivity contribution >= 4 is 5.57 Å². The van der Waals surface area contributed by atoms with Crippen molar-refractivity contribution in [3.8, 4) is 0 Å². The normalized spacial score (nSPS) is 13.8. The molecule has 0 nitrogen and oxygen atoms in total. The SMILES string of the molecule is C=CC1=CCc2cc(CC)ccc21. The molecule has 0 radical (unpaired) electrons. The standard InChI is InChI=1S/C13H14/c1-3-10-5-8-13-11(4-2)6-7-12(13)9-10/h4-6,8-9H,2-3,7H2,1H3. The van der Waals surface area contributed by atoms with Crippen molar-refractivity contribution in [3.63, 3.8) is 0 Å². The maximum absolute atomic E-state index is 3.82. The topological polar surface area (TPSA) is 0 Å². The van der Waals surface area contributed by atoms with Crippen molar-refractivity contribution in [1.29, 1.82) is 0 Å². The molecule has 0 bridgehead atoms. The van der Waals surface area contributed by atoms with Crippen LogP contribution in [-0.2, 0) is 12.8 Å². The van der Waals surface area contributed by atoms with E-state index in [0.29, 0.717) is 0 Å². The molecule has 1 aliphatic rings. The molecular formula is C13H14. The van der Waals surface area contributed by atoms with E-state index in [1.54, 1.807) is 0 Å². The van der Waals surface area contributed by atoms with Gasteiger partial charge in [0.15, 0.2) is 0 Å². The van der Waals surface area contributed by atoms with Gasteiger partial charge in [-0.05, 0) is 35.1 Å². The van der Waals surface area contributed by atoms with Crippen LogP contribution in [0.3, 0.4) is 0 Å². The average molecular weight is 170 g/mol. The van der Waals surface area contributed by atoms with Crippen molar-refractivity contribution in [3.05, 3.63) is 53.6 Å². The number of aryl methyl sites for hydroxylation is 1. The van der Waals surface area contributed by atoms with Gasteiger partial charge >= 0.3 is 0 Å². The fraction of sp³-hybridized carbons (Fsp3) is 0.231. The molecule has 0 N–H and O–H groups in total. The third-order valence-corrected chi connectivity index (χ3v) is 2.65. The highest BCUT2D eigenvalue weighted by molar-refractivity contribution is 5.79. The van der Waals surface area contributed by atoms with E-state index in [4.69, 9.17) is 0 Å². The molecule has 0 amide bonds. The summed E-state index contributed by atoms with van der Waals surface area (Å²) >= 11 is 0. The minimum Gasteiger partial charge on any atom is -0.0985 e. The van der Waals surface area contributed by atoms with Crippen molar-refractivity contribution in [2.24, 2.45) is 0 Å². The molecule has 0 saturated heterocycles. The molecule has 0 heteroatoms. The summed E-state index contributed by atoms with van der Waals surface area (Å²) < 4.78 is 0. The number of fused-ring (bicyclic) bond motifs is 1. The Kier molecular flexibility index (Phi) is 2.05. The van der Waals surface area contributed by atoms with Crippen LogP contribution < -0.4 is 0 Å². The maximum atomic E-state index is 3.82. The minimum atomic E-state index is 1.07. The van der Waals surface area contributed by atoms with Crippen LogP contribution in [0.25, 0.3) is 5.57 Å². The number of hydrogen-bond donors (Lipinski definition) is 0. The molecule has 0 saturated carbocycles. The van der Waals surface area contributed by atoms with E-state index in [1.807, 2.05) is 6.08 Å². The summed E-state index contributed by atoms with van der Waals surface area (Å²) in [5.41, 5.74) is 5.54. The zero-order chi connectivity index (χ0) is 9.26. The third-order valence-electron chi connectivity index (χ3n) is 2.65. The van der Waals surface area contributed by atoms with Crippen molar-refractivity contribution in [2.75, 3.05) is 0 Å². The molecule has 1 aromatic carbocycles. The molecule has 2 rings (SSSR count). The van der Waals surface area contributed by atoms with Crippen LogP contribution in [0.2, 0.25) is 0 Å². The summed E-state index contributed by atoms with van der Waals surface area (Å²) in [7, 11) is 0. The molecule has 13 heavy (non-hydrogen) atoms. The second-order valence-corrected chi connectivity index (χ2v) is 3.41. The van der Waals surface area contributed by atoms with Crippen LogP contribution in [-0.4, -0.2) is 0 Å². The number of rotatable bonds is 2. The lowest BCUT2D eigenvalue weighted by Gasteiger charge is -2.03. The highest BCUT2D eigenvalue weighted by atomic mass is 14.1. The highest BCUT2D eigenvalue weighted by Crippen LogP contribution is 2.28. The number of benzene rings is 1. The van der Waals surface area contributed by atoms with Crippen LogP contribution in [0, 0.1) is 0 Å². The van der Waals surface area contributed by atoms with Crippen molar-refractivity contribution in [2.45, 2.75) is 19.8 Å². The Balaban J connectivity index is 2.45. The minimum absolute atomic E-state index is 1.07. The lowest BCUT2D eigenvalue weighted by molar-refractivity contribution is 1.12. The summed E-state index contributed by atoms with van der Waals surface area (Å²) in [6.45, 7) is 6.01. The number of allylic oxidation sites excluding steroid dienone is 3. The van der Waals surface area contributed by atoms with Crippen LogP contribution in [0.4, 0.5) is 0 Å². The van der Waals surface area contributed by atoms with E-state index >= 15 is 0 Å². The molecule has 0 aliphatic heterocycles. The van der Waals surface area contributed by atoms with Crippen molar-refractivity contribution < 1.29 is 0 Å². The van der Waals surface area contributed by atoms with Gasteiger partial charge in [0.1, 0.15) is 0 Å². The van der Waals surface area contributed by atoms with Gasteiger partial charge < -0.3 is 0 Å². The van der Waals surface area contributed by atoms with Gasteiger partial charge in [-0.25, -0.2) is 0 Å². The zero-order valence-electron chi connectivity index (χ0n) is 8.01. The van der Waals surface area contributed by atoms with E-state index in [9.17, 15) is 0 Å². The van der Waals surface area contributed by atoms with Gasteiger partial charge in [0.05, 0.1) is 0 Å². The monoisotopic (exact) mass is 170 g/mol. The Morgan fingerprint density at radius 1 is 1.46 bits per heavy atom. The fourth-order valence-corrected chi connectivity index (χ4v) is 1.84. The predicted molar refractivity (Wildman–Crippen MR) is 57.7 cm³/mol. The van der Waals surface area contributed by atoms with E-state index < -0.39 is 0 Å². The quantitative estimate of drug-likeness (QED) is 0.638. The van der Waals surface area contributed by atoms with Gasteiger partial charge in [0.2, 0.25) is 0 Å². The van der Waals surface area contributed by atoms with Crippen LogP contribution in [0.1, 0.15) is 23.6 Å². The summed E-state index contributed by atoms with van der Waals surface area (Å²) in [6, 6.07) is 6.73. The summed E-state index contributed by atoms with van der Waals surface area (Å²) in [6.07, 6.45) is 6.38. The Morgan fingerprint density at radius 2 is 2.31 bits per heavy atom. The Labute approximate surface area is 79.6 Å². The molecular weight excluding hydrogens is 156 g/mol. The molecule has 0 unspecified atom stereocenters. The lowest BCUT2D eigenvalue weighted by atomic mass is 10.0. The first kappa shape index (κ1) is 8.31. The molecule has 1 aromatic rings. The van der Waals surface area contributed by atoms with Crippen molar-refractivity contribution in [1.82, 2.24) is 0 Å². The summed E-state index contributed by atoms with van der Waals surface area (Å²) in [5, 5.41) is 0. The molecule has 0 heterocycles. The van der Waals surface area contributed by atoms with E-state index in [1.165, 1.54) is 22.3 Å². The Bertz CT molecular complexity index is 370. The fourth-order valence-electron chi connectivity index (χ4n) is 1.84. The zero-order valence-corrected chi connectivity index (χ0v) is 8.01. The third kappa shape index (κ3) is 1.33. The molecule has 0 aromatic heterocycles. The van der Waals surface area contributed by atoms with E-state index in [2.05, 4.69) is 37.8 Å². The summed E-state index contributed by atoms with van der Waals surface area (Å²) in [4.78, 5) is 0. The van der Waals surface area contributed by atoms with Gasteiger partial charge in [-0.15, -0.1) is 0 Å². The van der Waals surface area contributed by atoms with E-state index in [0.717, 1.165) is 12.8 Å². The maximum Gasteiger partial charge on any atom is -0.00820 e. The van der Waals surface area contributed by atoms with Crippen LogP contribution >= 0.6 is 0 Å². The van der Waals surface area contributed by atoms with E-state index in [-0.39, 0.29) is 0 Å². The molecule has 0 spiro atoms. The Hall–Kier alpha value is -1.30. The first-order valence-electron chi connectivity index (χ1n) is 4.80. The molecule has 1 aliphatic carbocycles. The van der Waals surface area contributed by atoms with Crippen LogP contribution in [0.15, 0.2) is 36.9 Å². The van der Waals surface area contributed by atoms with Gasteiger partial charge in [0, 0.05) is 0 Å². The molecule has 66 valence electrons. The number of hydrogen-bond acceptors (Lipinski definition) is 0. The van der Waals surface area contributed by atoms with Gasteiger partial charge in [-0.3, -0.25) is 0 Å². The van der Waals surface area contributed by atoms with Gasteiger partial charge in [0.25, 0.3) is 0 Å². The molecule has 0 atom stereocenters. The average Bonchev–Trinajstić information content (AvgIpc) is 2.59.